The summed E-state index contributed by atoms with van der Waals surface area (Å²) in [6, 6.07) is 0.375. The molecular weight excluding hydrogens is 429 g/mol. The summed E-state index contributed by atoms with van der Waals surface area (Å²) in [5.74, 6) is 1.02. The smallest absolute Gasteiger partial charge is 0.177 e. The van der Waals surface area contributed by atoms with Gasteiger partial charge in [-0.15, -0.1) is 10.2 Å². The van der Waals surface area contributed by atoms with Crippen molar-refractivity contribution in [3.05, 3.63) is 21.6 Å². The molecule has 0 radical (unpaired) electrons. The molecule has 1 fully saturated rings. The molecule has 3 heterocycles. The lowest BCUT2D eigenvalue weighted by Crippen LogP contribution is -2.33. The van der Waals surface area contributed by atoms with Gasteiger partial charge in [0.2, 0.25) is 0 Å². The number of nitrogens with one attached hydrogen (secondary N) is 2. The molecule has 168 valence electrons. The fourth-order valence-corrected chi connectivity index (χ4v) is 3.80. The normalized spacial score (nSPS) is 20.0. The third-order valence-corrected chi connectivity index (χ3v) is 5.90. The zero-order valence-corrected chi connectivity index (χ0v) is 19.8. The van der Waals surface area contributed by atoms with Gasteiger partial charge in [-0.1, -0.05) is 42.3 Å². The summed E-state index contributed by atoms with van der Waals surface area (Å²) in [4.78, 5) is 6.77. The molecule has 9 nitrogen and oxygen atoms in total. The number of hydrogen-bond donors (Lipinski definition) is 3. The Labute approximate surface area is 187 Å². The molecule has 2 aromatic rings. The number of pyridine rings is 1. The lowest BCUT2D eigenvalue weighted by molar-refractivity contribution is -0.155. The second-order valence-corrected chi connectivity index (χ2v) is 8.17. The Bertz CT molecular complexity index is 812. The minimum absolute atomic E-state index is 0.337. The number of hydrogen-bond acceptors (Lipinski definition) is 8. The maximum atomic E-state index is 8.60. The summed E-state index contributed by atoms with van der Waals surface area (Å²) in [6.45, 7) is 9.73. The van der Waals surface area contributed by atoms with Crippen LogP contribution in [0.3, 0.4) is 0 Å². The largest absolute Gasteiger partial charge is 0.366 e. The van der Waals surface area contributed by atoms with Gasteiger partial charge in [0.25, 0.3) is 0 Å². The van der Waals surface area contributed by atoms with Gasteiger partial charge >= 0.3 is 0 Å². The van der Waals surface area contributed by atoms with Crippen molar-refractivity contribution in [3.8, 4) is 0 Å². The van der Waals surface area contributed by atoms with Gasteiger partial charge in [-0.25, -0.2) is 4.98 Å². The lowest BCUT2D eigenvalue weighted by Gasteiger charge is -2.25. The molecule has 2 unspecified atom stereocenters. The molecule has 2 aliphatic rings. The van der Waals surface area contributed by atoms with Crippen molar-refractivity contribution >= 4 is 34.7 Å². The second kappa shape index (κ2) is 10.6. The van der Waals surface area contributed by atoms with E-state index in [0.717, 1.165) is 42.2 Å². The van der Waals surface area contributed by atoms with E-state index in [1.54, 1.807) is 13.8 Å². The molecule has 30 heavy (non-hydrogen) atoms. The van der Waals surface area contributed by atoms with Crippen molar-refractivity contribution in [1.82, 2.24) is 25.6 Å². The van der Waals surface area contributed by atoms with Crippen molar-refractivity contribution in [2.75, 3.05) is 24.0 Å². The molecule has 1 aliphatic heterocycles. The van der Waals surface area contributed by atoms with E-state index >= 15 is 0 Å². The first kappa shape index (κ1) is 24.6. The number of tetrazole rings is 1. The molecule has 11 heteroatoms. The van der Waals surface area contributed by atoms with Crippen LogP contribution in [-0.2, 0) is 4.74 Å². The lowest BCUT2D eigenvalue weighted by atomic mass is 10.1. The van der Waals surface area contributed by atoms with Gasteiger partial charge in [-0.2, -0.15) is 5.21 Å². The van der Waals surface area contributed by atoms with Crippen molar-refractivity contribution in [2.45, 2.75) is 71.6 Å². The Balaban J connectivity index is 0.000000348. The van der Waals surface area contributed by atoms with Crippen LogP contribution < -0.4 is 10.2 Å². The van der Waals surface area contributed by atoms with Crippen molar-refractivity contribution < 1.29 is 9.84 Å². The number of fused-ring (bicyclic) bond motifs is 1. The number of nitrogens with zero attached hydrogens (tertiary/aromatic N) is 5. The van der Waals surface area contributed by atoms with E-state index in [2.05, 4.69) is 40.6 Å². The number of rotatable bonds is 3. The van der Waals surface area contributed by atoms with E-state index in [1.807, 2.05) is 20.8 Å². The van der Waals surface area contributed by atoms with Gasteiger partial charge in [0, 0.05) is 24.6 Å². The first-order valence-electron chi connectivity index (χ1n) is 10.1. The molecule has 0 bridgehead atoms. The molecule has 1 aliphatic carbocycles. The van der Waals surface area contributed by atoms with Crippen LogP contribution in [0.1, 0.15) is 64.3 Å². The maximum absolute atomic E-state index is 8.60. The van der Waals surface area contributed by atoms with E-state index in [4.69, 9.17) is 28.3 Å². The summed E-state index contributed by atoms with van der Waals surface area (Å²) < 4.78 is 4.49. The summed E-state index contributed by atoms with van der Waals surface area (Å²) in [5, 5.41) is 27.4. The predicted molar refractivity (Wildman–Crippen MR) is 119 cm³/mol. The van der Waals surface area contributed by atoms with E-state index in [-0.39, 0.29) is 0 Å². The molecule has 1 saturated carbocycles. The molecule has 0 spiro atoms. The second-order valence-electron chi connectivity index (χ2n) is 7.43. The highest BCUT2D eigenvalue weighted by Crippen LogP contribution is 2.44. The van der Waals surface area contributed by atoms with Crippen molar-refractivity contribution in [1.29, 1.82) is 0 Å². The number of aromatic amines is 1. The van der Waals surface area contributed by atoms with Crippen LogP contribution >= 0.6 is 23.2 Å². The number of ether oxygens (including phenoxy) is 1. The third-order valence-electron chi connectivity index (χ3n) is 5.06. The highest BCUT2D eigenvalue weighted by molar-refractivity contribution is 6.38. The van der Waals surface area contributed by atoms with Crippen molar-refractivity contribution in [3.63, 3.8) is 0 Å². The Morgan fingerprint density at radius 3 is 2.47 bits per heavy atom. The number of aliphatic hydroxyl groups is 1. The molecule has 0 aromatic carbocycles. The Kier molecular flexibility index (Phi) is 8.66. The Hall–Kier alpha value is -1.68. The average Bonchev–Trinajstić information content (AvgIpc) is 3.47. The minimum Gasteiger partial charge on any atom is -0.366 e. The summed E-state index contributed by atoms with van der Waals surface area (Å²) in [5.41, 5.74) is 1.69. The minimum atomic E-state index is -0.958. The van der Waals surface area contributed by atoms with E-state index in [1.165, 1.54) is 7.11 Å². The fourth-order valence-electron chi connectivity index (χ4n) is 3.33. The number of anilines is 2. The average molecular weight is 460 g/mol. The number of halogens is 2. The van der Waals surface area contributed by atoms with Gasteiger partial charge in [0.05, 0.1) is 17.4 Å². The first-order chi connectivity index (χ1) is 14.2. The van der Waals surface area contributed by atoms with Crippen LogP contribution in [0.25, 0.3) is 0 Å². The van der Waals surface area contributed by atoms with E-state index in [9.17, 15) is 0 Å². The van der Waals surface area contributed by atoms with Gasteiger partial charge in [0.15, 0.2) is 17.4 Å². The number of aromatic nitrogens is 5. The van der Waals surface area contributed by atoms with Crippen LogP contribution in [0.4, 0.5) is 11.5 Å². The monoisotopic (exact) mass is 459 g/mol. The van der Waals surface area contributed by atoms with Crippen LogP contribution in [-0.4, -0.2) is 56.3 Å². The highest BCUT2D eigenvalue weighted by Gasteiger charge is 2.36. The third kappa shape index (κ3) is 5.72. The highest BCUT2D eigenvalue weighted by atomic mass is 35.5. The summed E-state index contributed by atoms with van der Waals surface area (Å²) in [7, 11) is 1.46. The van der Waals surface area contributed by atoms with Gasteiger partial charge in [-0.3, -0.25) is 0 Å². The number of H-pyrrole nitrogens is 1. The number of methoxy groups -OCH3 is 1. The zero-order chi connectivity index (χ0) is 22.5. The quantitative estimate of drug-likeness (QED) is 0.463. The molecule has 4 rings (SSSR count). The van der Waals surface area contributed by atoms with Gasteiger partial charge in [0.1, 0.15) is 5.15 Å². The van der Waals surface area contributed by atoms with Crippen LogP contribution in [0.2, 0.25) is 10.2 Å². The Morgan fingerprint density at radius 1 is 1.23 bits per heavy atom. The molecule has 3 N–H and O–H groups in total. The molecular formula is C19H31Cl2N7O2. The van der Waals surface area contributed by atoms with Crippen molar-refractivity contribution in [2.24, 2.45) is 0 Å². The SMILES string of the molecule is CC.COC(C)(C)O.Cc1c(Cl)nc2c(c1Cl)NCN2C1CCC(c2nn[nH]n2)C1. The van der Waals surface area contributed by atoms with E-state index in [0.29, 0.717) is 28.8 Å². The molecule has 2 atom stereocenters. The van der Waals surface area contributed by atoms with Gasteiger partial charge in [-0.05, 0) is 40.0 Å². The Morgan fingerprint density at radius 2 is 1.90 bits per heavy atom. The van der Waals surface area contributed by atoms with Crippen LogP contribution in [0.15, 0.2) is 0 Å². The van der Waals surface area contributed by atoms with E-state index < -0.39 is 5.79 Å². The fraction of sp³-hybridized carbons (Fsp3) is 0.684. The van der Waals surface area contributed by atoms with Crippen LogP contribution in [0.5, 0.6) is 0 Å². The predicted octanol–water partition coefficient (Wildman–Crippen LogP) is 4.12. The topological polar surface area (TPSA) is 112 Å². The standard InChI is InChI=1S/C13H15Cl2N7.C4H10O2.C2H6/c1-6-9(14)10-13(17-11(6)15)22(5-16-10)8-3-2-7(4-8)12-18-20-21-19-12;1-4(2,5)6-3;1-2/h7-8,16H,2-5H2,1H3,(H,18,19,20,21);5H,1-3H3;1-2H3. The molecule has 0 amide bonds. The summed E-state index contributed by atoms with van der Waals surface area (Å²) in [6.07, 6.45) is 3.08. The first-order valence-corrected chi connectivity index (χ1v) is 10.8. The molecule has 0 saturated heterocycles. The van der Waals surface area contributed by atoms with Crippen LogP contribution in [0, 0.1) is 6.92 Å². The zero-order valence-electron chi connectivity index (χ0n) is 18.3. The molecule has 2 aromatic heterocycles. The maximum Gasteiger partial charge on any atom is 0.177 e. The summed E-state index contributed by atoms with van der Waals surface area (Å²) >= 11 is 12.6. The van der Waals surface area contributed by atoms with Gasteiger partial charge < -0.3 is 20.1 Å².